The molecule has 1 saturated heterocycles. The number of hydrogen-bond donors (Lipinski definition) is 1. The van der Waals surface area contributed by atoms with Crippen LogP contribution in [0.2, 0.25) is 0 Å². The third kappa shape index (κ3) is 5.95. The van der Waals surface area contributed by atoms with Crippen LogP contribution in [-0.2, 0) is 4.79 Å². The molecular weight excluding hydrogens is 432 g/mol. The minimum absolute atomic E-state index is 0.00349. The molecule has 0 radical (unpaired) electrons. The molecule has 8 heteroatoms. The minimum Gasteiger partial charge on any atom is -0.497 e. The second-order valence-electron chi connectivity index (χ2n) is 8.08. The summed E-state index contributed by atoms with van der Waals surface area (Å²) in [6.07, 6.45) is 1.57. The summed E-state index contributed by atoms with van der Waals surface area (Å²) in [6, 6.07) is 19.1. The fourth-order valence-electron chi connectivity index (χ4n) is 3.94. The molecule has 0 bridgehead atoms. The molecule has 34 heavy (non-hydrogen) atoms. The Morgan fingerprint density at radius 3 is 2.09 bits per heavy atom. The SMILES string of the molecule is COc1ccc(OCCNC(=O)C2CCN(c3ccc(-c4ccc(OC)cc4)nn3)CC2)cc1. The van der Waals surface area contributed by atoms with Crippen molar-refractivity contribution in [3.05, 3.63) is 60.7 Å². The molecule has 8 nitrogen and oxygen atoms in total. The van der Waals surface area contributed by atoms with Crippen LogP contribution in [-0.4, -0.2) is 56.6 Å². The van der Waals surface area contributed by atoms with Gasteiger partial charge in [0.1, 0.15) is 23.9 Å². The van der Waals surface area contributed by atoms with Gasteiger partial charge >= 0.3 is 0 Å². The Balaban J connectivity index is 1.19. The molecule has 1 aliphatic heterocycles. The number of ether oxygens (including phenoxy) is 3. The van der Waals surface area contributed by atoms with Crippen LogP contribution in [0, 0.1) is 5.92 Å². The van der Waals surface area contributed by atoms with Crippen molar-refractivity contribution in [1.29, 1.82) is 0 Å². The van der Waals surface area contributed by atoms with Gasteiger partial charge in [-0.15, -0.1) is 10.2 Å². The van der Waals surface area contributed by atoms with E-state index in [0.717, 1.165) is 60.3 Å². The maximum Gasteiger partial charge on any atom is 0.223 e. The van der Waals surface area contributed by atoms with E-state index in [1.807, 2.05) is 60.7 Å². The van der Waals surface area contributed by atoms with Gasteiger partial charge in [0.15, 0.2) is 5.82 Å². The van der Waals surface area contributed by atoms with Crippen molar-refractivity contribution in [2.45, 2.75) is 12.8 Å². The van der Waals surface area contributed by atoms with Gasteiger partial charge in [-0.05, 0) is 73.5 Å². The summed E-state index contributed by atoms with van der Waals surface area (Å²) < 4.78 is 16.0. The number of amides is 1. The minimum atomic E-state index is 0.00349. The van der Waals surface area contributed by atoms with E-state index in [-0.39, 0.29) is 11.8 Å². The first kappa shape index (κ1) is 23.4. The van der Waals surface area contributed by atoms with Gasteiger partial charge in [0, 0.05) is 24.6 Å². The Morgan fingerprint density at radius 2 is 1.50 bits per heavy atom. The zero-order chi connectivity index (χ0) is 23.8. The number of carbonyl (C=O) groups is 1. The molecule has 1 fully saturated rings. The second-order valence-corrected chi connectivity index (χ2v) is 8.08. The van der Waals surface area contributed by atoms with Gasteiger partial charge in [0.05, 0.1) is 26.5 Å². The summed E-state index contributed by atoms with van der Waals surface area (Å²) in [5.41, 5.74) is 1.81. The molecule has 3 aromatic rings. The van der Waals surface area contributed by atoms with E-state index in [9.17, 15) is 4.79 Å². The van der Waals surface area contributed by atoms with Crippen LogP contribution >= 0.6 is 0 Å². The van der Waals surface area contributed by atoms with Gasteiger partial charge < -0.3 is 24.4 Å². The van der Waals surface area contributed by atoms with Crippen LogP contribution in [0.25, 0.3) is 11.3 Å². The molecule has 2 aromatic carbocycles. The molecule has 178 valence electrons. The molecule has 0 spiro atoms. The Bertz CT molecular complexity index is 1050. The first-order valence-electron chi connectivity index (χ1n) is 11.4. The predicted molar refractivity (Wildman–Crippen MR) is 130 cm³/mol. The maximum absolute atomic E-state index is 12.5. The summed E-state index contributed by atoms with van der Waals surface area (Å²) in [5.74, 6) is 3.27. The summed E-state index contributed by atoms with van der Waals surface area (Å²) in [7, 11) is 3.28. The van der Waals surface area contributed by atoms with Crippen LogP contribution in [0.3, 0.4) is 0 Å². The van der Waals surface area contributed by atoms with E-state index in [2.05, 4.69) is 20.4 Å². The standard InChI is InChI=1S/C26H30N4O4/c1-32-21-5-3-19(4-6-21)24-11-12-25(29-28-24)30-16-13-20(14-17-30)26(31)27-15-18-34-23-9-7-22(33-2)8-10-23/h3-12,20H,13-18H2,1-2H3,(H,27,31). The summed E-state index contributed by atoms with van der Waals surface area (Å²) in [5, 5.41) is 11.8. The van der Waals surface area contributed by atoms with Crippen molar-refractivity contribution in [2.75, 3.05) is 45.4 Å². The lowest BCUT2D eigenvalue weighted by atomic mass is 9.96. The Labute approximate surface area is 199 Å². The third-order valence-electron chi connectivity index (χ3n) is 5.96. The molecule has 0 unspecified atom stereocenters. The predicted octanol–water partition coefficient (Wildman–Crippen LogP) is 3.57. The highest BCUT2D eigenvalue weighted by molar-refractivity contribution is 5.79. The summed E-state index contributed by atoms with van der Waals surface area (Å²) in [6.45, 7) is 2.45. The smallest absolute Gasteiger partial charge is 0.223 e. The fourth-order valence-corrected chi connectivity index (χ4v) is 3.94. The molecule has 0 aliphatic carbocycles. The average molecular weight is 463 g/mol. The number of carbonyl (C=O) groups excluding carboxylic acids is 1. The van der Waals surface area contributed by atoms with Crippen LogP contribution in [0.5, 0.6) is 17.2 Å². The molecular formula is C26H30N4O4. The number of aromatic nitrogens is 2. The van der Waals surface area contributed by atoms with Gasteiger partial charge in [-0.2, -0.15) is 0 Å². The molecule has 1 aromatic heterocycles. The second kappa shape index (κ2) is 11.4. The number of nitrogens with zero attached hydrogens (tertiary/aromatic N) is 3. The Morgan fingerprint density at radius 1 is 0.882 bits per heavy atom. The quantitative estimate of drug-likeness (QED) is 0.487. The highest BCUT2D eigenvalue weighted by Gasteiger charge is 2.25. The van der Waals surface area contributed by atoms with E-state index in [0.29, 0.717) is 13.2 Å². The number of anilines is 1. The van der Waals surface area contributed by atoms with Crippen molar-refractivity contribution in [1.82, 2.24) is 15.5 Å². The van der Waals surface area contributed by atoms with Gasteiger partial charge in [-0.25, -0.2) is 0 Å². The first-order chi connectivity index (χ1) is 16.7. The topological polar surface area (TPSA) is 85.8 Å². The van der Waals surface area contributed by atoms with E-state index < -0.39 is 0 Å². The molecule has 0 saturated carbocycles. The molecule has 2 heterocycles. The monoisotopic (exact) mass is 462 g/mol. The van der Waals surface area contributed by atoms with Crippen molar-refractivity contribution in [3.63, 3.8) is 0 Å². The number of rotatable bonds is 9. The van der Waals surface area contributed by atoms with Crippen LogP contribution in [0.4, 0.5) is 5.82 Å². The Hall–Kier alpha value is -3.81. The molecule has 1 N–H and O–H groups in total. The van der Waals surface area contributed by atoms with Crippen LogP contribution in [0.1, 0.15) is 12.8 Å². The normalized spacial score (nSPS) is 13.9. The van der Waals surface area contributed by atoms with E-state index >= 15 is 0 Å². The first-order valence-corrected chi connectivity index (χ1v) is 11.4. The molecule has 1 amide bonds. The zero-order valence-electron chi connectivity index (χ0n) is 19.6. The third-order valence-corrected chi connectivity index (χ3v) is 5.96. The van der Waals surface area contributed by atoms with Gasteiger partial charge in [-0.1, -0.05) is 0 Å². The number of nitrogens with one attached hydrogen (secondary N) is 1. The highest BCUT2D eigenvalue weighted by Crippen LogP contribution is 2.24. The number of piperidine rings is 1. The number of benzene rings is 2. The van der Waals surface area contributed by atoms with Crippen molar-refractivity contribution in [2.24, 2.45) is 5.92 Å². The maximum atomic E-state index is 12.5. The van der Waals surface area contributed by atoms with Gasteiger partial charge in [0.2, 0.25) is 5.91 Å². The molecule has 0 atom stereocenters. The lowest BCUT2D eigenvalue weighted by molar-refractivity contribution is -0.125. The average Bonchev–Trinajstić information content (AvgIpc) is 2.91. The molecule has 1 aliphatic rings. The molecule has 4 rings (SSSR count). The van der Waals surface area contributed by atoms with Gasteiger partial charge in [0.25, 0.3) is 0 Å². The van der Waals surface area contributed by atoms with E-state index in [1.165, 1.54) is 0 Å². The highest BCUT2D eigenvalue weighted by atomic mass is 16.5. The van der Waals surface area contributed by atoms with Crippen molar-refractivity contribution < 1.29 is 19.0 Å². The lowest BCUT2D eigenvalue weighted by Gasteiger charge is -2.31. The van der Waals surface area contributed by atoms with Crippen LogP contribution in [0.15, 0.2) is 60.7 Å². The van der Waals surface area contributed by atoms with Gasteiger partial charge in [-0.3, -0.25) is 4.79 Å². The van der Waals surface area contributed by atoms with E-state index in [4.69, 9.17) is 14.2 Å². The zero-order valence-corrected chi connectivity index (χ0v) is 19.6. The number of methoxy groups -OCH3 is 2. The largest absolute Gasteiger partial charge is 0.497 e. The Kier molecular flexibility index (Phi) is 7.80. The fraction of sp³-hybridized carbons (Fsp3) is 0.346. The van der Waals surface area contributed by atoms with E-state index in [1.54, 1.807) is 14.2 Å². The van der Waals surface area contributed by atoms with Crippen molar-refractivity contribution >= 4 is 11.7 Å². The number of hydrogen-bond acceptors (Lipinski definition) is 7. The van der Waals surface area contributed by atoms with Crippen LogP contribution < -0.4 is 24.4 Å². The lowest BCUT2D eigenvalue weighted by Crippen LogP contribution is -2.41. The summed E-state index contributed by atoms with van der Waals surface area (Å²) in [4.78, 5) is 14.7. The van der Waals surface area contributed by atoms with Crippen molar-refractivity contribution in [3.8, 4) is 28.5 Å². The summed E-state index contributed by atoms with van der Waals surface area (Å²) >= 11 is 0.